The molecule has 0 aliphatic heterocycles. The molecule has 102 valence electrons. The van der Waals surface area contributed by atoms with Crippen molar-refractivity contribution in [1.82, 2.24) is 4.98 Å². The van der Waals surface area contributed by atoms with Gasteiger partial charge in [-0.1, -0.05) is 18.2 Å². The number of benzene rings is 1. The number of hydrogen-bond donors (Lipinski definition) is 2. The Balaban J connectivity index is 2.42. The van der Waals surface area contributed by atoms with Gasteiger partial charge in [0.25, 0.3) is 5.91 Å². The van der Waals surface area contributed by atoms with E-state index in [1.807, 2.05) is 0 Å². The minimum absolute atomic E-state index is 0.0994. The van der Waals surface area contributed by atoms with Crippen LogP contribution in [0.15, 0.2) is 53.6 Å². The second-order valence-electron chi connectivity index (χ2n) is 4.04. The van der Waals surface area contributed by atoms with Gasteiger partial charge in [-0.05, 0) is 12.1 Å². The summed E-state index contributed by atoms with van der Waals surface area (Å²) >= 11 is 0. The van der Waals surface area contributed by atoms with Crippen LogP contribution >= 0.6 is 0 Å². The van der Waals surface area contributed by atoms with E-state index in [0.717, 1.165) is 4.90 Å². The van der Waals surface area contributed by atoms with E-state index in [2.05, 4.69) is 4.98 Å². The van der Waals surface area contributed by atoms with Crippen molar-refractivity contribution in [1.29, 1.82) is 0 Å². The zero-order chi connectivity index (χ0) is 14.5. The summed E-state index contributed by atoms with van der Waals surface area (Å²) in [6, 6.07) is 9.56. The molecule has 1 amide bonds. The molecule has 2 N–H and O–H groups in total. The number of carbonyl (C=O) groups is 2. The van der Waals surface area contributed by atoms with Crippen LogP contribution in [0.2, 0.25) is 0 Å². The van der Waals surface area contributed by atoms with Gasteiger partial charge in [-0.2, -0.15) is 0 Å². The number of aromatic nitrogens is 1. The first-order chi connectivity index (χ1) is 9.59. The highest BCUT2D eigenvalue weighted by Gasteiger charge is 2.22. The number of para-hydroxylation sites is 1. The fraction of sp³-hybridized carbons (Fsp3) is 0.0714. The van der Waals surface area contributed by atoms with Gasteiger partial charge in [-0.25, -0.2) is 0 Å². The van der Waals surface area contributed by atoms with Gasteiger partial charge in [0, 0.05) is 24.1 Å². The van der Waals surface area contributed by atoms with Gasteiger partial charge in [-0.3, -0.25) is 19.3 Å². The molecule has 2 aromatic rings. The number of rotatable bonds is 4. The van der Waals surface area contributed by atoms with E-state index in [9.17, 15) is 14.4 Å². The molecule has 6 nitrogen and oxygen atoms in total. The number of carbonyl (C=O) groups excluding carboxylic acids is 1. The molecule has 0 atom stereocenters. The lowest BCUT2D eigenvalue weighted by Gasteiger charge is -2.20. The molecule has 0 saturated heterocycles. The molecule has 0 aliphatic carbocycles. The maximum atomic E-state index is 12.3. The topological polar surface area (TPSA) is 90.5 Å². The SMILES string of the molecule is O=C(O)CN(C(=O)c1c[nH]ccc1=O)c1ccccc1. The van der Waals surface area contributed by atoms with Crippen molar-refractivity contribution in [2.75, 3.05) is 11.4 Å². The molecule has 1 aromatic carbocycles. The summed E-state index contributed by atoms with van der Waals surface area (Å²) in [5, 5.41) is 8.93. The minimum atomic E-state index is -1.16. The van der Waals surface area contributed by atoms with Crippen LogP contribution in [0.4, 0.5) is 5.69 Å². The number of nitrogens with one attached hydrogen (secondary N) is 1. The molecule has 1 aromatic heterocycles. The van der Waals surface area contributed by atoms with Crippen molar-refractivity contribution >= 4 is 17.6 Å². The number of anilines is 1. The Labute approximate surface area is 114 Å². The largest absolute Gasteiger partial charge is 0.480 e. The highest BCUT2D eigenvalue weighted by atomic mass is 16.4. The predicted molar refractivity (Wildman–Crippen MR) is 72.8 cm³/mol. The summed E-state index contributed by atoms with van der Waals surface area (Å²) in [4.78, 5) is 38.6. The minimum Gasteiger partial charge on any atom is -0.480 e. The number of amides is 1. The molecule has 6 heteroatoms. The quantitative estimate of drug-likeness (QED) is 0.872. The van der Waals surface area contributed by atoms with Crippen molar-refractivity contribution in [2.24, 2.45) is 0 Å². The van der Waals surface area contributed by atoms with Crippen LogP contribution < -0.4 is 10.3 Å². The van der Waals surface area contributed by atoms with Crippen LogP contribution in [0.5, 0.6) is 0 Å². The van der Waals surface area contributed by atoms with E-state index >= 15 is 0 Å². The number of hydrogen-bond acceptors (Lipinski definition) is 3. The average molecular weight is 272 g/mol. The standard InChI is InChI=1S/C14H12N2O4/c17-12-6-7-15-8-11(12)14(20)16(9-13(18)19)10-4-2-1-3-5-10/h1-8H,9H2,(H,15,17)(H,18,19). The number of pyridine rings is 1. The lowest BCUT2D eigenvalue weighted by atomic mass is 10.2. The van der Waals surface area contributed by atoms with Gasteiger partial charge in [0.2, 0.25) is 0 Å². The molecule has 2 rings (SSSR count). The first kappa shape index (κ1) is 13.5. The van der Waals surface area contributed by atoms with Crippen molar-refractivity contribution in [3.63, 3.8) is 0 Å². The van der Waals surface area contributed by atoms with Crippen LogP contribution in [-0.4, -0.2) is 28.5 Å². The van der Waals surface area contributed by atoms with Crippen LogP contribution in [0.25, 0.3) is 0 Å². The highest BCUT2D eigenvalue weighted by Crippen LogP contribution is 2.15. The van der Waals surface area contributed by atoms with E-state index in [1.165, 1.54) is 18.5 Å². The third-order valence-corrected chi connectivity index (χ3v) is 2.66. The van der Waals surface area contributed by atoms with Gasteiger partial charge < -0.3 is 10.1 Å². The molecular weight excluding hydrogens is 260 g/mol. The first-order valence-electron chi connectivity index (χ1n) is 5.85. The Hall–Kier alpha value is -2.89. The Morgan fingerprint density at radius 3 is 2.45 bits per heavy atom. The monoisotopic (exact) mass is 272 g/mol. The summed E-state index contributed by atoms with van der Waals surface area (Å²) in [5.74, 6) is -1.81. The third kappa shape index (κ3) is 2.92. The predicted octanol–water partition coefficient (Wildman–Crippen LogP) is 1.11. The van der Waals surface area contributed by atoms with E-state index in [0.29, 0.717) is 5.69 Å². The molecular formula is C14H12N2O4. The highest BCUT2D eigenvalue weighted by molar-refractivity contribution is 6.07. The number of aromatic amines is 1. The normalized spacial score (nSPS) is 10.0. The average Bonchev–Trinajstić information content (AvgIpc) is 2.45. The smallest absolute Gasteiger partial charge is 0.323 e. The third-order valence-electron chi connectivity index (χ3n) is 2.66. The second kappa shape index (κ2) is 5.83. The zero-order valence-electron chi connectivity index (χ0n) is 10.4. The molecule has 0 saturated carbocycles. The Bertz CT molecular complexity index is 679. The lowest BCUT2D eigenvalue weighted by Crippen LogP contribution is -2.38. The maximum Gasteiger partial charge on any atom is 0.323 e. The molecule has 1 heterocycles. The van der Waals surface area contributed by atoms with Crippen LogP contribution in [0, 0.1) is 0 Å². The van der Waals surface area contributed by atoms with E-state index < -0.39 is 23.9 Å². The van der Waals surface area contributed by atoms with Gasteiger partial charge in [0.1, 0.15) is 12.1 Å². The molecule has 0 unspecified atom stereocenters. The van der Waals surface area contributed by atoms with E-state index in [1.54, 1.807) is 30.3 Å². The Kier molecular flexibility index (Phi) is 3.95. The van der Waals surface area contributed by atoms with Crippen molar-refractivity contribution in [2.45, 2.75) is 0 Å². The zero-order valence-corrected chi connectivity index (χ0v) is 10.4. The Morgan fingerprint density at radius 1 is 1.15 bits per heavy atom. The fourth-order valence-corrected chi connectivity index (χ4v) is 1.75. The first-order valence-corrected chi connectivity index (χ1v) is 5.85. The summed E-state index contributed by atoms with van der Waals surface area (Å²) in [6.07, 6.45) is 2.67. The molecule has 0 aliphatic rings. The van der Waals surface area contributed by atoms with Crippen LogP contribution in [0.3, 0.4) is 0 Å². The van der Waals surface area contributed by atoms with Crippen molar-refractivity contribution in [3.05, 3.63) is 64.6 Å². The lowest BCUT2D eigenvalue weighted by molar-refractivity contribution is -0.135. The van der Waals surface area contributed by atoms with Crippen LogP contribution in [-0.2, 0) is 4.79 Å². The van der Waals surface area contributed by atoms with Crippen molar-refractivity contribution < 1.29 is 14.7 Å². The van der Waals surface area contributed by atoms with Gasteiger partial charge in [-0.15, -0.1) is 0 Å². The molecule has 0 spiro atoms. The number of H-pyrrole nitrogens is 1. The molecule has 0 fully saturated rings. The molecule has 0 bridgehead atoms. The van der Waals surface area contributed by atoms with E-state index in [4.69, 9.17) is 5.11 Å². The summed E-state index contributed by atoms with van der Waals surface area (Å²) in [5.41, 5.74) is -0.138. The maximum absolute atomic E-state index is 12.3. The second-order valence-corrected chi connectivity index (χ2v) is 4.04. The van der Waals surface area contributed by atoms with Crippen LogP contribution in [0.1, 0.15) is 10.4 Å². The molecule has 0 radical (unpaired) electrons. The number of carboxylic acid groups (broad SMARTS) is 1. The van der Waals surface area contributed by atoms with Gasteiger partial charge in [0.15, 0.2) is 5.43 Å². The van der Waals surface area contributed by atoms with Gasteiger partial charge in [0.05, 0.1) is 0 Å². The number of aliphatic carboxylic acids is 1. The summed E-state index contributed by atoms with van der Waals surface area (Å²) < 4.78 is 0. The summed E-state index contributed by atoms with van der Waals surface area (Å²) in [6.45, 7) is -0.517. The number of nitrogens with zero attached hydrogens (tertiary/aromatic N) is 1. The molecule has 20 heavy (non-hydrogen) atoms. The Morgan fingerprint density at radius 2 is 1.85 bits per heavy atom. The fourth-order valence-electron chi connectivity index (χ4n) is 1.75. The van der Waals surface area contributed by atoms with Crippen molar-refractivity contribution in [3.8, 4) is 0 Å². The number of carboxylic acids is 1. The van der Waals surface area contributed by atoms with E-state index in [-0.39, 0.29) is 5.56 Å². The van der Waals surface area contributed by atoms with Gasteiger partial charge >= 0.3 is 5.97 Å². The summed E-state index contributed by atoms with van der Waals surface area (Å²) in [7, 11) is 0.